The highest BCUT2D eigenvalue weighted by Crippen LogP contribution is 2.55. The van der Waals surface area contributed by atoms with Gasteiger partial charge in [-0.15, -0.1) is 0 Å². The molecule has 0 aliphatic heterocycles. The third-order valence-electron chi connectivity index (χ3n) is 7.25. The Hall–Kier alpha value is -3.96. The Kier molecular flexibility index (Phi) is 6.11. The minimum absolute atomic E-state index is 0.0395. The van der Waals surface area contributed by atoms with Gasteiger partial charge in [0, 0.05) is 35.8 Å². The maximum Gasteiger partial charge on any atom is 0.274 e. The van der Waals surface area contributed by atoms with Crippen LogP contribution in [0.25, 0.3) is 22.6 Å². The molecule has 1 aliphatic rings. The van der Waals surface area contributed by atoms with E-state index in [1.165, 1.54) is 18.3 Å². The summed E-state index contributed by atoms with van der Waals surface area (Å²) in [5, 5.41) is 4.33. The third kappa shape index (κ3) is 4.11. The zero-order chi connectivity index (χ0) is 28.5. The van der Waals surface area contributed by atoms with Crippen molar-refractivity contribution in [2.75, 3.05) is 6.26 Å². The first-order valence-corrected chi connectivity index (χ1v) is 14.6. The van der Waals surface area contributed by atoms with Crippen molar-refractivity contribution >= 4 is 27.1 Å². The summed E-state index contributed by atoms with van der Waals surface area (Å²) in [5.41, 5.74) is 1.51. The van der Waals surface area contributed by atoms with E-state index >= 15 is 8.78 Å². The van der Waals surface area contributed by atoms with Crippen molar-refractivity contribution in [3.05, 3.63) is 105 Å². The Balaban J connectivity index is 1.45. The van der Waals surface area contributed by atoms with Gasteiger partial charge in [0.1, 0.15) is 15.6 Å². The number of hydrogen-bond donors (Lipinski definition) is 0. The van der Waals surface area contributed by atoms with Crippen molar-refractivity contribution in [3.63, 3.8) is 0 Å². The number of nitrogens with zero attached hydrogens (tertiary/aromatic N) is 5. The van der Waals surface area contributed by atoms with Gasteiger partial charge >= 0.3 is 0 Å². The Bertz CT molecular complexity index is 2020. The smallest absolute Gasteiger partial charge is 0.274 e. The quantitative estimate of drug-likeness (QED) is 0.284. The molecule has 1 aromatic carbocycles. The van der Waals surface area contributed by atoms with Crippen LogP contribution in [0.15, 0.2) is 64.7 Å². The first-order valence-electron chi connectivity index (χ1n) is 12.3. The summed E-state index contributed by atoms with van der Waals surface area (Å²) < 4.78 is 58.2. The lowest BCUT2D eigenvalue weighted by Gasteiger charge is -2.18. The average molecular weight is 582 g/mol. The van der Waals surface area contributed by atoms with Gasteiger partial charge in [0.2, 0.25) is 0 Å². The van der Waals surface area contributed by atoms with Crippen molar-refractivity contribution in [2.45, 2.75) is 37.0 Å². The fourth-order valence-electron chi connectivity index (χ4n) is 5.26. The van der Waals surface area contributed by atoms with Crippen LogP contribution in [0.2, 0.25) is 5.02 Å². The highest BCUT2D eigenvalue weighted by atomic mass is 35.5. The lowest BCUT2D eigenvalue weighted by Crippen LogP contribution is -2.24. The molecule has 12 heteroatoms. The van der Waals surface area contributed by atoms with Crippen LogP contribution in [0.1, 0.15) is 40.8 Å². The van der Waals surface area contributed by atoms with Gasteiger partial charge in [0.15, 0.2) is 27.1 Å². The Morgan fingerprint density at radius 1 is 1.02 bits per heavy atom. The molecule has 2 atom stereocenters. The Labute approximate surface area is 232 Å². The molecule has 204 valence electrons. The number of sulfone groups is 1. The highest BCUT2D eigenvalue weighted by molar-refractivity contribution is 7.90. The molecule has 1 saturated carbocycles. The van der Waals surface area contributed by atoms with Crippen LogP contribution in [-0.4, -0.2) is 38.8 Å². The second-order valence-electron chi connectivity index (χ2n) is 9.96. The van der Waals surface area contributed by atoms with Crippen molar-refractivity contribution in [3.8, 4) is 16.9 Å². The number of hydrogen-bond acceptors (Lipinski definition) is 6. The van der Waals surface area contributed by atoms with E-state index in [9.17, 15) is 13.2 Å². The molecule has 5 aromatic rings. The maximum atomic E-state index is 16.1. The molecule has 0 radical (unpaired) electrons. The normalized spacial score (nSPS) is 16.9. The molecular formula is C28H22ClF2N5O3S. The minimum atomic E-state index is -3.91. The molecule has 0 unspecified atom stereocenters. The molecule has 4 aromatic heterocycles. The first-order chi connectivity index (χ1) is 19.0. The van der Waals surface area contributed by atoms with Gasteiger partial charge in [-0.3, -0.25) is 14.3 Å². The fraction of sp³-hybridized carbons (Fsp3) is 0.214. The van der Waals surface area contributed by atoms with Crippen LogP contribution in [0.3, 0.4) is 0 Å². The second kappa shape index (κ2) is 9.31. The van der Waals surface area contributed by atoms with Crippen LogP contribution >= 0.6 is 11.6 Å². The topological polar surface area (TPSA) is 99.2 Å². The zero-order valence-corrected chi connectivity index (χ0v) is 23.1. The molecule has 0 N–H and O–H groups in total. The minimum Gasteiger partial charge on any atom is -0.277 e. The zero-order valence-electron chi connectivity index (χ0n) is 21.6. The molecular weight excluding hydrogens is 560 g/mol. The van der Waals surface area contributed by atoms with E-state index < -0.39 is 37.6 Å². The predicted octanol–water partition coefficient (Wildman–Crippen LogP) is 5.17. The number of benzene rings is 1. The van der Waals surface area contributed by atoms with E-state index in [-0.39, 0.29) is 28.1 Å². The molecule has 0 saturated heterocycles. The third-order valence-corrected chi connectivity index (χ3v) is 8.75. The van der Waals surface area contributed by atoms with E-state index in [1.807, 2.05) is 6.07 Å². The lowest BCUT2D eigenvalue weighted by atomic mass is 10.1. The Morgan fingerprint density at radius 3 is 2.55 bits per heavy atom. The van der Waals surface area contributed by atoms with Crippen molar-refractivity contribution in [2.24, 2.45) is 0 Å². The standard InChI is InChI=1S/C28H22ClF2N5O3S/c1-14-12-33-26(16-6-4-7-21(24(16)30)40(3,38)39)25(31)27(14)35-15(2)10-19(23(29)28(35)37)17-11-18(17)20-13-32-22-8-5-9-34-36(20)22/h4-10,12-13,17-18H,11H2,1-3H3/t17-,18-/m0/s1. The van der Waals surface area contributed by atoms with E-state index in [1.54, 1.807) is 42.9 Å². The number of aromatic nitrogens is 5. The fourth-order valence-corrected chi connectivity index (χ4v) is 6.30. The van der Waals surface area contributed by atoms with Gasteiger partial charge in [-0.2, -0.15) is 5.10 Å². The number of rotatable bonds is 5. The van der Waals surface area contributed by atoms with Crippen LogP contribution in [0, 0.1) is 25.5 Å². The van der Waals surface area contributed by atoms with E-state index in [0.717, 1.165) is 34.7 Å². The molecule has 8 nitrogen and oxygen atoms in total. The summed E-state index contributed by atoms with van der Waals surface area (Å²) in [4.78, 5) is 21.5. The maximum absolute atomic E-state index is 16.1. The van der Waals surface area contributed by atoms with Crippen LogP contribution in [0.4, 0.5) is 8.78 Å². The first kappa shape index (κ1) is 26.3. The summed E-state index contributed by atoms with van der Waals surface area (Å²) in [7, 11) is -3.91. The van der Waals surface area contributed by atoms with E-state index in [0.29, 0.717) is 16.8 Å². The Morgan fingerprint density at radius 2 is 1.80 bits per heavy atom. The lowest BCUT2D eigenvalue weighted by molar-refractivity contribution is 0.569. The summed E-state index contributed by atoms with van der Waals surface area (Å²) in [5.74, 6) is -2.07. The number of imidazole rings is 1. The van der Waals surface area contributed by atoms with Crippen molar-refractivity contribution in [1.82, 2.24) is 24.1 Å². The van der Waals surface area contributed by atoms with Gasteiger partial charge in [0.05, 0.1) is 17.6 Å². The number of fused-ring (bicyclic) bond motifs is 1. The van der Waals surface area contributed by atoms with Gasteiger partial charge < -0.3 is 0 Å². The SMILES string of the molecule is Cc1cnc(-c2cccc(S(C)(=O)=O)c2F)c(F)c1-n1c(C)cc([C@H]2C[C@@H]2c2cnc3cccnn23)c(Cl)c1=O. The molecule has 0 bridgehead atoms. The molecule has 1 aliphatic carbocycles. The van der Waals surface area contributed by atoms with Gasteiger partial charge in [-0.1, -0.05) is 17.7 Å². The van der Waals surface area contributed by atoms with Crippen LogP contribution < -0.4 is 5.56 Å². The van der Waals surface area contributed by atoms with E-state index in [4.69, 9.17) is 11.6 Å². The van der Waals surface area contributed by atoms with Gasteiger partial charge in [0.25, 0.3) is 5.56 Å². The summed E-state index contributed by atoms with van der Waals surface area (Å²) in [6.07, 6.45) is 6.36. The molecule has 4 heterocycles. The number of halogens is 3. The predicted molar refractivity (Wildman–Crippen MR) is 146 cm³/mol. The second-order valence-corrected chi connectivity index (χ2v) is 12.3. The molecule has 6 rings (SSSR count). The molecule has 0 spiro atoms. The molecule has 40 heavy (non-hydrogen) atoms. The summed E-state index contributed by atoms with van der Waals surface area (Å²) >= 11 is 6.62. The number of pyridine rings is 2. The van der Waals surface area contributed by atoms with Gasteiger partial charge in [-0.05, 0) is 67.6 Å². The van der Waals surface area contributed by atoms with Crippen LogP contribution in [0.5, 0.6) is 0 Å². The summed E-state index contributed by atoms with van der Waals surface area (Å²) in [6.45, 7) is 3.24. The average Bonchev–Trinajstić information content (AvgIpc) is 3.57. The van der Waals surface area contributed by atoms with Gasteiger partial charge in [-0.25, -0.2) is 26.7 Å². The van der Waals surface area contributed by atoms with Crippen molar-refractivity contribution in [1.29, 1.82) is 0 Å². The monoisotopic (exact) mass is 581 g/mol. The van der Waals surface area contributed by atoms with Crippen molar-refractivity contribution < 1.29 is 17.2 Å². The molecule has 0 amide bonds. The van der Waals surface area contributed by atoms with Crippen LogP contribution in [-0.2, 0) is 9.84 Å². The molecule has 1 fully saturated rings. The highest BCUT2D eigenvalue weighted by Gasteiger charge is 2.43. The summed E-state index contributed by atoms with van der Waals surface area (Å²) in [6, 6.07) is 9.07. The van der Waals surface area contributed by atoms with E-state index in [2.05, 4.69) is 15.1 Å². The number of aryl methyl sites for hydroxylation is 2. The largest absolute Gasteiger partial charge is 0.277 e.